The van der Waals surface area contributed by atoms with E-state index in [1.165, 1.54) is 17.5 Å². The van der Waals surface area contributed by atoms with Gasteiger partial charge in [0.05, 0.1) is 6.61 Å². The number of rotatable bonds is 2. The van der Waals surface area contributed by atoms with Gasteiger partial charge in [0.1, 0.15) is 5.75 Å². The third-order valence-electron chi connectivity index (χ3n) is 2.60. The minimum atomic E-state index is 0.611. The average Bonchev–Trinajstić information content (AvgIpc) is 2.59. The molecule has 13 heavy (non-hydrogen) atoms. The van der Waals surface area contributed by atoms with Crippen molar-refractivity contribution in [3.63, 3.8) is 0 Å². The molecule has 1 heterocycles. The standard InChI is InChI=1S/C11H13BrO/c1-2-9-7-13-11-5-8(6-12)3-4-10(9)11/h3-5,9H,2,6-7H2,1H3. The maximum absolute atomic E-state index is 5.62. The van der Waals surface area contributed by atoms with E-state index in [9.17, 15) is 0 Å². The zero-order valence-corrected chi connectivity index (χ0v) is 9.30. The fourth-order valence-electron chi connectivity index (χ4n) is 1.74. The van der Waals surface area contributed by atoms with E-state index >= 15 is 0 Å². The van der Waals surface area contributed by atoms with Crippen molar-refractivity contribution in [3.8, 4) is 5.75 Å². The van der Waals surface area contributed by atoms with Crippen LogP contribution in [0.2, 0.25) is 0 Å². The Hall–Kier alpha value is -0.500. The van der Waals surface area contributed by atoms with E-state index in [1.807, 2.05) is 0 Å². The van der Waals surface area contributed by atoms with Crippen molar-refractivity contribution in [2.24, 2.45) is 0 Å². The lowest BCUT2D eigenvalue weighted by atomic mass is 9.98. The van der Waals surface area contributed by atoms with Crippen LogP contribution in [0.15, 0.2) is 18.2 Å². The quantitative estimate of drug-likeness (QED) is 0.720. The Morgan fingerprint density at radius 1 is 1.54 bits per heavy atom. The topological polar surface area (TPSA) is 9.23 Å². The monoisotopic (exact) mass is 240 g/mol. The number of hydrogen-bond donors (Lipinski definition) is 0. The number of ether oxygens (including phenoxy) is 1. The lowest BCUT2D eigenvalue weighted by Gasteiger charge is -2.04. The van der Waals surface area contributed by atoms with Crippen molar-refractivity contribution >= 4 is 15.9 Å². The molecule has 0 fully saturated rings. The number of alkyl halides is 1. The molecule has 0 saturated carbocycles. The summed E-state index contributed by atoms with van der Waals surface area (Å²) < 4.78 is 5.62. The second-order valence-electron chi connectivity index (χ2n) is 3.42. The van der Waals surface area contributed by atoms with Crippen molar-refractivity contribution in [2.45, 2.75) is 24.6 Å². The first-order valence-corrected chi connectivity index (χ1v) is 5.79. The molecule has 1 nitrogen and oxygen atoms in total. The highest BCUT2D eigenvalue weighted by Crippen LogP contribution is 2.36. The van der Waals surface area contributed by atoms with Crippen LogP contribution in [0.4, 0.5) is 0 Å². The second-order valence-corrected chi connectivity index (χ2v) is 3.98. The smallest absolute Gasteiger partial charge is 0.123 e. The molecular formula is C11H13BrO. The minimum Gasteiger partial charge on any atom is -0.493 e. The molecule has 1 atom stereocenters. The second kappa shape index (κ2) is 3.70. The Kier molecular flexibility index (Phi) is 2.58. The molecule has 0 aromatic heterocycles. The summed E-state index contributed by atoms with van der Waals surface area (Å²) >= 11 is 3.44. The van der Waals surface area contributed by atoms with E-state index in [2.05, 4.69) is 41.1 Å². The zero-order chi connectivity index (χ0) is 9.26. The highest BCUT2D eigenvalue weighted by Gasteiger charge is 2.22. The molecule has 0 aliphatic carbocycles. The van der Waals surface area contributed by atoms with Crippen molar-refractivity contribution in [2.75, 3.05) is 6.61 Å². The first-order chi connectivity index (χ1) is 6.35. The summed E-state index contributed by atoms with van der Waals surface area (Å²) in [6.07, 6.45) is 1.17. The van der Waals surface area contributed by atoms with E-state index in [0.717, 1.165) is 17.7 Å². The Labute approximate surface area is 87.2 Å². The summed E-state index contributed by atoms with van der Waals surface area (Å²) in [4.78, 5) is 0. The van der Waals surface area contributed by atoms with E-state index < -0.39 is 0 Å². The summed E-state index contributed by atoms with van der Waals surface area (Å²) in [6.45, 7) is 3.07. The van der Waals surface area contributed by atoms with Crippen molar-refractivity contribution in [1.82, 2.24) is 0 Å². The normalized spacial score (nSPS) is 19.7. The van der Waals surface area contributed by atoms with Crippen LogP contribution in [-0.4, -0.2) is 6.61 Å². The Morgan fingerprint density at radius 2 is 2.38 bits per heavy atom. The van der Waals surface area contributed by atoms with Crippen LogP contribution in [0.5, 0.6) is 5.75 Å². The molecule has 0 bridgehead atoms. The van der Waals surface area contributed by atoms with Gasteiger partial charge in [-0.25, -0.2) is 0 Å². The fraction of sp³-hybridized carbons (Fsp3) is 0.455. The molecule has 0 spiro atoms. The van der Waals surface area contributed by atoms with Crippen LogP contribution >= 0.6 is 15.9 Å². The first kappa shape index (κ1) is 9.07. The number of hydrogen-bond acceptors (Lipinski definition) is 1. The van der Waals surface area contributed by atoms with E-state index in [-0.39, 0.29) is 0 Å². The van der Waals surface area contributed by atoms with Crippen LogP contribution in [-0.2, 0) is 5.33 Å². The molecule has 1 aromatic carbocycles. The Morgan fingerprint density at radius 3 is 3.08 bits per heavy atom. The molecule has 0 saturated heterocycles. The number of halogens is 1. The fourth-order valence-corrected chi connectivity index (χ4v) is 2.09. The lowest BCUT2D eigenvalue weighted by molar-refractivity contribution is 0.328. The van der Waals surface area contributed by atoms with Gasteiger partial charge in [0, 0.05) is 16.8 Å². The summed E-state index contributed by atoms with van der Waals surface area (Å²) in [5, 5.41) is 0.903. The summed E-state index contributed by atoms with van der Waals surface area (Å²) in [5.74, 6) is 1.70. The molecule has 0 radical (unpaired) electrons. The van der Waals surface area contributed by atoms with Gasteiger partial charge in [-0.2, -0.15) is 0 Å². The van der Waals surface area contributed by atoms with Crippen LogP contribution in [0, 0.1) is 0 Å². The van der Waals surface area contributed by atoms with Gasteiger partial charge in [-0.05, 0) is 18.1 Å². The molecule has 1 unspecified atom stereocenters. The zero-order valence-electron chi connectivity index (χ0n) is 7.72. The van der Waals surface area contributed by atoms with Crippen LogP contribution in [0.3, 0.4) is 0 Å². The maximum Gasteiger partial charge on any atom is 0.123 e. The Balaban J connectivity index is 2.34. The van der Waals surface area contributed by atoms with Gasteiger partial charge in [0.2, 0.25) is 0 Å². The van der Waals surface area contributed by atoms with E-state index in [0.29, 0.717) is 5.92 Å². The maximum atomic E-state index is 5.62. The SMILES string of the molecule is CCC1COc2cc(CBr)ccc21. The largest absolute Gasteiger partial charge is 0.493 e. The molecule has 0 amide bonds. The molecule has 1 aromatic rings. The van der Waals surface area contributed by atoms with Crippen molar-refractivity contribution in [1.29, 1.82) is 0 Å². The summed E-state index contributed by atoms with van der Waals surface area (Å²) in [6, 6.07) is 6.51. The molecule has 1 aliphatic rings. The average molecular weight is 241 g/mol. The third kappa shape index (κ3) is 1.60. The molecular weight excluding hydrogens is 228 g/mol. The predicted molar refractivity (Wildman–Crippen MR) is 57.6 cm³/mol. The van der Waals surface area contributed by atoms with Crippen LogP contribution < -0.4 is 4.74 Å². The molecule has 2 rings (SSSR count). The van der Waals surface area contributed by atoms with Crippen molar-refractivity contribution in [3.05, 3.63) is 29.3 Å². The predicted octanol–water partition coefficient (Wildman–Crippen LogP) is 3.47. The van der Waals surface area contributed by atoms with Crippen LogP contribution in [0.25, 0.3) is 0 Å². The van der Waals surface area contributed by atoms with E-state index in [4.69, 9.17) is 4.74 Å². The van der Waals surface area contributed by atoms with Crippen LogP contribution in [0.1, 0.15) is 30.4 Å². The van der Waals surface area contributed by atoms with Crippen molar-refractivity contribution < 1.29 is 4.74 Å². The molecule has 2 heteroatoms. The number of benzene rings is 1. The summed E-state index contributed by atoms with van der Waals surface area (Å²) in [7, 11) is 0. The van der Waals surface area contributed by atoms with Gasteiger partial charge in [-0.3, -0.25) is 0 Å². The number of fused-ring (bicyclic) bond motifs is 1. The lowest BCUT2D eigenvalue weighted by Crippen LogP contribution is -1.97. The molecule has 0 N–H and O–H groups in total. The molecule has 70 valence electrons. The van der Waals surface area contributed by atoms with Gasteiger partial charge >= 0.3 is 0 Å². The van der Waals surface area contributed by atoms with Gasteiger partial charge in [-0.1, -0.05) is 35.0 Å². The highest BCUT2D eigenvalue weighted by molar-refractivity contribution is 9.08. The van der Waals surface area contributed by atoms with Gasteiger partial charge in [0.15, 0.2) is 0 Å². The Bertz CT molecular complexity index is 309. The summed E-state index contributed by atoms with van der Waals surface area (Å²) in [5.41, 5.74) is 2.67. The third-order valence-corrected chi connectivity index (χ3v) is 3.25. The van der Waals surface area contributed by atoms with Gasteiger partial charge in [0.25, 0.3) is 0 Å². The van der Waals surface area contributed by atoms with Gasteiger partial charge < -0.3 is 4.74 Å². The van der Waals surface area contributed by atoms with E-state index in [1.54, 1.807) is 0 Å². The molecule has 1 aliphatic heterocycles. The highest BCUT2D eigenvalue weighted by atomic mass is 79.9. The minimum absolute atomic E-state index is 0.611. The van der Waals surface area contributed by atoms with Gasteiger partial charge in [-0.15, -0.1) is 0 Å². The first-order valence-electron chi connectivity index (χ1n) is 4.66.